The number of aryl methyl sites for hydroxylation is 1. The quantitative estimate of drug-likeness (QED) is 0.685. The number of hydrogen-bond donors (Lipinski definition) is 2. The fraction of sp³-hybridized carbons (Fsp3) is 0.600. The number of hydrogen-bond acceptors (Lipinski definition) is 4. The van der Waals surface area contributed by atoms with Crippen LogP contribution in [0.15, 0.2) is 29.2 Å². The van der Waals surface area contributed by atoms with Gasteiger partial charge in [-0.2, -0.15) is 0 Å². The highest BCUT2D eigenvalue weighted by molar-refractivity contribution is 7.92. The predicted molar refractivity (Wildman–Crippen MR) is 83.1 cm³/mol. The van der Waals surface area contributed by atoms with E-state index in [1.807, 2.05) is 6.92 Å². The SMILES string of the molecule is Cc1ccc(S(=O)(=O)C(N)CCCCCCCN)cc1. The first-order chi connectivity index (χ1) is 9.48. The summed E-state index contributed by atoms with van der Waals surface area (Å²) in [4.78, 5) is 0.318. The third-order valence-electron chi connectivity index (χ3n) is 3.44. The molecule has 0 spiro atoms. The van der Waals surface area contributed by atoms with Crippen LogP contribution in [-0.2, 0) is 9.84 Å². The van der Waals surface area contributed by atoms with Crippen LogP contribution in [0.5, 0.6) is 0 Å². The van der Waals surface area contributed by atoms with Gasteiger partial charge in [-0.05, 0) is 38.4 Å². The second-order valence-electron chi connectivity index (χ2n) is 5.24. The molecule has 0 aromatic heterocycles. The molecular formula is C15H26N2O2S. The van der Waals surface area contributed by atoms with Crippen molar-refractivity contribution in [3.05, 3.63) is 29.8 Å². The van der Waals surface area contributed by atoms with Gasteiger partial charge in [-0.25, -0.2) is 8.42 Å². The third kappa shape index (κ3) is 5.23. The maximum absolute atomic E-state index is 12.3. The van der Waals surface area contributed by atoms with E-state index in [0.29, 0.717) is 11.3 Å². The molecule has 4 nitrogen and oxygen atoms in total. The van der Waals surface area contributed by atoms with Crippen molar-refractivity contribution in [2.24, 2.45) is 11.5 Å². The Morgan fingerprint density at radius 1 is 1.00 bits per heavy atom. The Labute approximate surface area is 122 Å². The Morgan fingerprint density at radius 2 is 1.55 bits per heavy atom. The van der Waals surface area contributed by atoms with Crippen molar-refractivity contribution >= 4 is 9.84 Å². The van der Waals surface area contributed by atoms with Crippen molar-refractivity contribution in [1.82, 2.24) is 0 Å². The Morgan fingerprint density at radius 3 is 2.15 bits per heavy atom. The first-order valence-electron chi connectivity index (χ1n) is 7.24. The molecule has 0 aliphatic rings. The van der Waals surface area contributed by atoms with E-state index in [0.717, 1.165) is 44.2 Å². The molecule has 1 aromatic rings. The van der Waals surface area contributed by atoms with Crippen LogP contribution < -0.4 is 11.5 Å². The van der Waals surface area contributed by atoms with Gasteiger partial charge >= 0.3 is 0 Å². The van der Waals surface area contributed by atoms with E-state index in [1.165, 1.54) is 0 Å². The predicted octanol–water partition coefficient (Wildman–Crippen LogP) is 2.35. The van der Waals surface area contributed by atoms with Gasteiger partial charge in [-0.15, -0.1) is 0 Å². The highest BCUT2D eigenvalue weighted by Gasteiger charge is 2.22. The van der Waals surface area contributed by atoms with Crippen LogP contribution in [0, 0.1) is 6.92 Å². The van der Waals surface area contributed by atoms with Crippen molar-refractivity contribution in [3.8, 4) is 0 Å². The lowest BCUT2D eigenvalue weighted by Crippen LogP contribution is -2.30. The van der Waals surface area contributed by atoms with E-state index in [-0.39, 0.29) is 0 Å². The third-order valence-corrected chi connectivity index (χ3v) is 5.40. The molecule has 5 heteroatoms. The Hall–Kier alpha value is -0.910. The van der Waals surface area contributed by atoms with Gasteiger partial charge in [0.1, 0.15) is 5.37 Å². The van der Waals surface area contributed by atoms with Crippen LogP contribution in [0.25, 0.3) is 0 Å². The summed E-state index contributed by atoms with van der Waals surface area (Å²) in [5.41, 5.74) is 12.3. The molecule has 0 saturated heterocycles. The zero-order valence-corrected chi connectivity index (χ0v) is 13.0. The summed E-state index contributed by atoms with van der Waals surface area (Å²) >= 11 is 0. The number of sulfone groups is 1. The summed E-state index contributed by atoms with van der Waals surface area (Å²) in [7, 11) is -3.40. The Kier molecular flexibility index (Phi) is 7.19. The number of rotatable bonds is 9. The van der Waals surface area contributed by atoms with Gasteiger partial charge in [-0.3, -0.25) is 0 Å². The molecule has 0 radical (unpaired) electrons. The standard InChI is InChI=1S/C15H26N2O2S/c1-13-8-10-14(11-9-13)20(18,19)15(17)7-5-3-2-4-6-12-16/h8-11,15H,2-7,12,16-17H2,1H3. The van der Waals surface area contributed by atoms with Crippen molar-refractivity contribution in [2.75, 3.05) is 6.54 Å². The molecule has 4 N–H and O–H groups in total. The summed E-state index contributed by atoms with van der Waals surface area (Å²) in [6.07, 6.45) is 5.60. The van der Waals surface area contributed by atoms with Crippen LogP contribution >= 0.6 is 0 Å². The van der Waals surface area contributed by atoms with E-state index >= 15 is 0 Å². The Balaban J connectivity index is 2.45. The molecule has 0 heterocycles. The summed E-state index contributed by atoms with van der Waals surface area (Å²) in [6.45, 7) is 2.65. The number of benzene rings is 1. The van der Waals surface area contributed by atoms with Gasteiger partial charge in [0.25, 0.3) is 0 Å². The number of nitrogens with two attached hydrogens (primary N) is 2. The molecule has 1 unspecified atom stereocenters. The highest BCUT2D eigenvalue weighted by Crippen LogP contribution is 2.18. The van der Waals surface area contributed by atoms with Crippen molar-refractivity contribution in [3.63, 3.8) is 0 Å². The molecule has 0 bridgehead atoms. The second kappa shape index (κ2) is 8.39. The summed E-state index contributed by atoms with van der Waals surface area (Å²) < 4.78 is 24.5. The zero-order chi connectivity index (χ0) is 15.0. The van der Waals surface area contributed by atoms with E-state index in [9.17, 15) is 8.42 Å². The fourth-order valence-electron chi connectivity index (χ4n) is 2.08. The average molecular weight is 298 g/mol. The lowest BCUT2D eigenvalue weighted by atomic mass is 10.1. The van der Waals surface area contributed by atoms with Crippen molar-refractivity contribution in [1.29, 1.82) is 0 Å². The number of unbranched alkanes of at least 4 members (excludes halogenated alkanes) is 4. The van der Waals surface area contributed by atoms with Gasteiger partial charge < -0.3 is 11.5 Å². The maximum atomic E-state index is 12.3. The molecule has 1 atom stereocenters. The van der Waals surface area contributed by atoms with E-state index in [2.05, 4.69) is 0 Å². The smallest absolute Gasteiger partial charge is 0.193 e. The summed E-state index contributed by atoms with van der Waals surface area (Å²) in [5, 5.41) is -0.806. The van der Waals surface area contributed by atoms with Crippen LogP contribution in [0.3, 0.4) is 0 Å². The molecule has 0 amide bonds. The zero-order valence-electron chi connectivity index (χ0n) is 12.2. The fourth-order valence-corrected chi connectivity index (χ4v) is 3.42. The normalized spacial score (nSPS) is 13.3. The van der Waals surface area contributed by atoms with E-state index in [4.69, 9.17) is 11.5 Å². The van der Waals surface area contributed by atoms with Crippen LogP contribution in [0.4, 0.5) is 0 Å². The van der Waals surface area contributed by atoms with Gasteiger partial charge in [0.15, 0.2) is 9.84 Å². The molecule has 1 aromatic carbocycles. The first kappa shape index (κ1) is 17.1. The lowest BCUT2D eigenvalue weighted by Gasteiger charge is -2.13. The van der Waals surface area contributed by atoms with E-state index < -0.39 is 15.2 Å². The summed E-state index contributed by atoms with van der Waals surface area (Å²) in [6, 6.07) is 6.86. The monoisotopic (exact) mass is 298 g/mol. The molecule has 0 fully saturated rings. The van der Waals surface area contributed by atoms with Crippen LogP contribution in [0.2, 0.25) is 0 Å². The molecule has 114 valence electrons. The molecule has 0 saturated carbocycles. The minimum absolute atomic E-state index is 0.318. The van der Waals surface area contributed by atoms with Crippen LogP contribution in [-0.4, -0.2) is 20.3 Å². The van der Waals surface area contributed by atoms with Gasteiger partial charge in [0.2, 0.25) is 0 Å². The molecule has 0 aliphatic heterocycles. The molecule has 0 aliphatic carbocycles. The second-order valence-corrected chi connectivity index (χ2v) is 7.41. The molecule has 20 heavy (non-hydrogen) atoms. The minimum Gasteiger partial charge on any atom is -0.330 e. The van der Waals surface area contributed by atoms with Crippen LogP contribution in [0.1, 0.15) is 44.1 Å². The molecule has 1 rings (SSSR count). The maximum Gasteiger partial charge on any atom is 0.193 e. The minimum atomic E-state index is -3.40. The molecular weight excluding hydrogens is 272 g/mol. The average Bonchev–Trinajstić information content (AvgIpc) is 2.43. The topological polar surface area (TPSA) is 86.2 Å². The highest BCUT2D eigenvalue weighted by atomic mass is 32.2. The van der Waals surface area contributed by atoms with Crippen molar-refractivity contribution < 1.29 is 8.42 Å². The largest absolute Gasteiger partial charge is 0.330 e. The first-order valence-corrected chi connectivity index (χ1v) is 8.79. The van der Waals surface area contributed by atoms with E-state index in [1.54, 1.807) is 24.3 Å². The van der Waals surface area contributed by atoms with Gasteiger partial charge in [0, 0.05) is 0 Å². The van der Waals surface area contributed by atoms with Gasteiger partial charge in [-0.1, -0.05) is 43.4 Å². The van der Waals surface area contributed by atoms with Gasteiger partial charge in [0.05, 0.1) is 4.90 Å². The summed E-state index contributed by atoms with van der Waals surface area (Å²) in [5.74, 6) is 0. The lowest BCUT2D eigenvalue weighted by molar-refractivity contribution is 0.551. The Bertz CT molecular complexity index is 483. The van der Waals surface area contributed by atoms with Crippen molar-refractivity contribution in [2.45, 2.75) is 55.7 Å².